The van der Waals surface area contributed by atoms with Gasteiger partial charge in [0.2, 0.25) is 5.95 Å². The van der Waals surface area contributed by atoms with Gasteiger partial charge in [0, 0.05) is 18.3 Å². The van der Waals surface area contributed by atoms with Crippen molar-refractivity contribution in [3.63, 3.8) is 0 Å². The van der Waals surface area contributed by atoms with E-state index in [0.29, 0.717) is 25.6 Å². The minimum absolute atomic E-state index is 0.0127. The normalized spacial score (nSPS) is 22.1. The molecule has 0 spiro atoms. The molecule has 1 aliphatic rings. The molecule has 116 valence electrons. The van der Waals surface area contributed by atoms with Crippen molar-refractivity contribution in [3.05, 3.63) is 16.9 Å². The largest absolute Gasteiger partial charge is 0.460 e. The molecule has 0 bridgehead atoms. The molecule has 1 aromatic rings. The zero-order valence-corrected chi connectivity index (χ0v) is 14.0. The van der Waals surface area contributed by atoms with Crippen LogP contribution in [0.4, 0.5) is 5.95 Å². The van der Waals surface area contributed by atoms with Gasteiger partial charge < -0.3 is 14.8 Å². The molecule has 0 aliphatic carbocycles. The molecule has 1 aromatic heterocycles. The highest BCUT2D eigenvalue weighted by molar-refractivity contribution is 9.10. The van der Waals surface area contributed by atoms with Crippen molar-refractivity contribution in [3.8, 4) is 0 Å². The first-order valence-electron chi connectivity index (χ1n) is 6.87. The lowest BCUT2D eigenvalue weighted by Gasteiger charge is -2.22. The summed E-state index contributed by atoms with van der Waals surface area (Å²) in [6.07, 6.45) is 3.67. The molecule has 1 fully saturated rings. The van der Waals surface area contributed by atoms with E-state index in [-0.39, 0.29) is 17.9 Å². The van der Waals surface area contributed by atoms with E-state index in [1.165, 1.54) is 0 Å². The Balaban J connectivity index is 1.91. The highest BCUT2D eigenvalue weighted by Gasteiger charge is 2.32. The monoisotopic (exact) mass is 357 g/mol. The molecule has 1 aliphatic heterocycles. The van der Waals surface area contributed by atoms with Crippen LogP contribution >= 0.6 is 15.9 Å². The third-order valence-electron chi connectivity index (χ3n) is 2.98. The average Bonchev–Trinajstić information content (AvgIpc) is 2.77. The molecule has 1 N–H and O–H groups in total. The Morgan fingerprint density at radius 2 is 2.10 bits per heavy atom. The summed E-state index contributed by atoms with van der Waals surface area (Å²) in [6, 6.07) is 0.0127. The number of ether oxygens (including phenoxy) is 2. The summed E-state index contributed by atoms with van der Waals surface area (Å²) in [4.78, 5) is 20.3. The highest BCUT2D eigenvalue weighted by Crippen LogP contribution is 2.22. The molecule has 7 heteroatoms. The van der Waals surface area contributed by atoms with Crippen LogP contribution in [-0.2, 0) is 14.3 Å². The number of anilines is 1. The number of carbonyl (C=O) groups is 1. The zero-order chi connectivity index (χ0) is 15.5. The van der Waals surface area contributed by atoms with Crippen molar-refractivity contribution in [2.45, 2.75) is 38.8 Å². The fourth-order valence-corrected chi connectivity index (χ4v) is 2.31. The van der Waals surface area contributed by atoms with Crippen LogP contribution in [0.3, 0.4) is 0 Å². The van der Waals surface area contributed by atoms with Gasteiger partial charge in [-0.2, -0.15) is 0 Å². The summed E-state index contributed by atoms with van der Waals surface area (Å²) < 4.78 is 11.6. The van der Waals surface area contributed by atoms with Gasteiger partial charge in [0.1, 0.15) is 5.60 Å². The number of esters is 1. The van der Waals surface area contributed by atoms with E-state index >= 15 is 0 Å². The molecule has 1 unspecified atom stereocenters. The average molecular weight is 358 g/mol. The minimum atomic E-state index is -0.464. The van der Waals surface area contributed by atoms with Gasteiger partial charge in [0.15, 0.2) is 0 Å². The number of aromatic nitrogens is 2. The molecule has 1 saturated heterocycles. The topological polar surface area (TPSA) is 73.3 Å². The molecule has 6 nitrogen and oxygen atoms in total. The number of halogens is 1. The van der Waals surface area contributed by atoms with Crippen molar-refractivity contribution in [2.75, 3.05) is 18.5 Å². The summed E-state index contributed by atoms with van der Waals surface area (Å²) in [5.41, 5.74) is -0.464. The van der Waals surface area contributed by atoms with Gasteiger partial charge in [0.25, 0.3) is 0 Å². The summed E-state index contributed by atoms with van der Waals surface area (Å²) in [7, 11) is 0. The van der Waals surface area contributed by atoms with Crippen LogP contribution < -0.4 is 5.32 Å². The Hall–Kier alpha value is -1.21. The molecule has 0 amide bonds. The Morgan fingerprint density at radius 1 is 1.43 bits per heavy atom. The second-order valence-electron chi connectivity index (χ2n) is 6.06. The third-order valence-corrected chi connectivity index (χ3v) is 3.39. The van der Waals surface area contributed by atoms with Gasteiger partial charge in [-0.1, -0.05) is 0 Å². The fraction of sp³-hybridized carbons (Fsp3) is 0.643. The number of hydrogen-bond donors (Lipinski definition) is 1. The van der Waals surface area contributed by atoms with Gasteiger partial charge in [-0.15, -0.1) is 0 Å². The van der Waals surface area contributed by atoms with Crippen LogP contribution in [0.2, 0.25) is 0 Å². The van der Waals surface area contributed by atoms with Gasteiger partial charge in [-0.25, -0.2) is 9.97 Å². The molecule has 0 saturated carbocycles. The zero-order valence-electron chi connectivity index (χ0n) is 12.4. The van der Waals surface area contributed by atoms with Crippen molar-refractivity contribution in [2.24, 2.45) is 5.92 Å². The van der Waals surface area contributed by atoms with Gasteiger partial charge in [0.05, 0.1) is 30.1 Å². The van der Waals surface area contributed by atoms with Crippen molar-refractivity contribution in [1.82, 2.24) is 9.97 Å². The van der Waals surface area contributed by atoms with E-state index in [2.05, 4.69) is 31.2 Å². The number of carbonyl (C=O) groups excluding carboxylic acids is 1. The number of nitrogens with one attached hydrogen (secondary N) is 1. The second-order valence-corrected chi connectivity index (χ2v) is 6.98. The van der Waals surface area contributed by atoms with E-state index in [9.17, 15) is 4.79 Å². The lowest BCUT2D eigenvalue weighted by molar-refractivity contribution is -0.156. The van der Waals surface area contributed by atoms with Gasteiger partial charge in [-0.05, 0) is 36.7 Å². The SMILES string of the molecule is CC(C)(C)OC(=O)CC1COC[C@H]1Nc1ncc(Br)cn1. The lowest BCUT2D eigenvalue weighted by Crippen LogP contribution is -2.32. The van der Waals surface area contributed by atoms with E-state index in [1.807, 2.05) is 20.8 Å². The molecule has 2 rings (SSSR count). The number of rotatable bonds is 4. The number of nitrogens with zero attached hydrogens (tertiary/aromatic N) is 2. The molecule has 0 radical (unpaired) electrons. The standard InChI is InChI=1S/C14H20BrN3O3/c1-14(2,3)21-12(19)4-9-7-20-8-11(9)18-13-16-5-10(15)6-17-13/h5-6,9,11H,4,7-8H2,1-3H3,(H,16,17,18)/t9?,11-/m1/s1. The van der Waals surface area contributed by atoms with Gasteiger partial charge in [-0.3, -0.25) is 4.79 Å². The van der Waals surface area contributed by atoms with Crippen LogP contribution in [0.5, 0.6) is 0 Å². The first kappa shape index (κ1) is 16.2. The summed E-state index contributed by atoms with van der Waals surface area (Å²) >= 11 is 3.29. The Bertz CT molecular complexity index is 487. The Labute approximate surface area is 132 Å². The number of hydrogen-bond acceptors (Lipinski definition) is 6. The predicted molar refractivity (Wildman–Crippen MR) is 81.9 cm³/mol. The molecule has 21 heavy (non-hydrogen) atoms. The van der Waals surface area contributed by atoms with Crippen LogP contribution in [0.15, 0.2) is 16.9 Å². The van der Waals surface area contributed by atoms with Crippen LogP contribution in [-0.4, -0.2) is 40.8 Å². The maximum Gasteiger partial charge on any atom is 0.306 e. The second kappa shape index (κ2) is 6.70. The molecular formula is C14H20BrN3O3. The Kier molecular flexibility index (Phi) is 5.16. The highest BCUT2D eigenvalue weighted by atomic mass is 79.9. The van der Waals surface area contributed by atoms with Crippen molar-refractivity contribution in [1.29, 1.82) is 0 Å². The maximum absolute atomic E-state index is 11.9. The first-order valence-corrected chi connectivity index (χ1v) is 7.66. The molecule has 2 heterocycles. The Morgan fingerprint density at radius 3 is 2.71 bits per heavy atom. The molecular weight excluding hydrogens is 338 g/mol. The van der Waals surface area contributed by atoms with E-state index < -0.39 is 5.60 Å². The first-order chi connectivity index (χ1) is 9.83. The van der Waals surface area contributed by atoms with E-state index in [1.54, 1.807) is 12.4 Å². The van der Waals surface area contributed by atoms with Crippen LogP contribution in [0.25, 0.3) is 0 Å². The summed E-state index contributed by atoms with van der Waals surface area (Å²) in [6.45, 7) is 6.66. The summed E-state index contributed by atoms with van der Waals surface area (Å²) in [5.74, 6) is 0.386. The maximum atomic E-state index is 11.9. The quantitative estimate of drug-likeness (QED) is 0.834. The van der Waals surface area contributed by atoms with E-state index in [4.69, 9.17) is 9.47 Å². The van der Waals surface area contributed by atoms with Crippen LogP contribution in [0, 0.1) is 5.92 Å². The smallest absolute Gasteiger partial charge is 0.306 e. The van der Waals surface area contributed by atoms with Crippen molar-refractivity contribution >= 4 is 27.8 Å². The lowest BCUT2D eigenvalue weighted by atomic mass is 10.00. The molecule has 0 aromatic carbocycles. The summed E-state index contributed by atoms with van der Waals surface area (Å²) in [5, 5.41) is 3.21. The minimum Gasteiger partial charge on any atom is -0.460 e. The van der Waals surface area contributed by atoms with Crippen molar-refractivity contribution < 1.29 is 14.3 Å². The predicted octanol–water partition coefficient (Wildman–Crippen LogP) is 2.40. The van der Waals surface area contributed by atoms with Gasteiger partial charge >= 0.3 is 5.97 Å². The fourth-order valence-electron chi connectivity index (χ4n) is 2.11. The van der Waals surface area contributed by atoms with Crippen LogP contribution in [0.1, 0.15) is 27.2 Å². The third kappa shape index (κ3) is 5.24. The molecule has 2 atom stereocenters. The van der Waals surface area contributed by atoms with E-state index in [0.717, 1.165) is 4.47 Å².